The Labute approximate surface area is 123 Å². The van der Waals surface area contributed by atoms with Crippen LogP contribution in [0.5, 0.6) is 0 Å². The quantitative estimate of drug-likeness (QED) is 0.852. The smallest absolute Gasteiger partial charge is 0.323 e. The molecule has 1 aromatic rings. The summed E-state index contributed by atoms with van der Waals surface area (Å²) in [5.74, 6) is -1.49. The van der Waals surface area contributed by atoms with Crippen LogP contribution in [0.25, 0.3) is 0 Å². The molecule has 7 heteroatoms. The fourth-order valence-electron chi connectivity index (χ4n) is 1.59. The molecule has 6 nitrogen and oxygen atoms in total. The first kappa shape index (κ1) is 16.4. The monoisotopic (exact) mass is 299 g/mol. The number of aryl methyl sites for hydroxylation is 1. The molecule has 1 rings (SSSR count). The van der Waals surface area contributed by atoms with Crippen LogP contribution in [-0.4, -0.2) is 65.5 Å². The number of aliphatic carboxylic acids is 1. The third kappa shape index (κ3) is 4.79. The van der Waals surface area contributed by atoms with Gasteiger partial charge >= 0.3 is 5.97 Å². The van der Waals surface area contributed by atoms with Crippen molar-refractivity contribution in [3.63, 3.8) is 0 Å². The molecule has 0 aliphatic carbocycles. The number of hydrogen-bond donors (Lipinski definition) is 1. The summed E-state index contributed by atoms with van der Waals surface area (Å²) in [7, 11) is 3.70. The van der Waals surface area contributed by atoms with Crippen LogP contribution in [0.1, 0.15) is 16.1 Å². The van der Waals surface area contributed by atoms with Crippen LogP contribution in [-0.2, 0) is 4.79 Å². The van der Waals surface area contributed by atoms with Crippen molar-refractivity contribution < 1.29 is 14.7 Å². The number of carbonyl (C=O) groups is 2. The van der Waals surface area contributed by atoms with E-state index >= 15 is 0 Å². The lowest BCUT2D eigenvalue weighted by atomic mass is 10.2. The molecule has 0 saturated heterocycles. The molecule has 0 fully saturated rings. The SMILES string of the molecule is Cc1cc(Cl)c(C(=O)N(CCN(C)C)CC(=O)O)cn1. The van der Waals surface area contributed by atoms with Crippen LogP contribution >= 0.6 is 11.6 Å². The Bertz CT molecular complexity index is 506. The number of nitrogens with zero attached hydrogens (tertiary/aromatic N) is 3. The van der Waals surface area contributed by atoms with Crippen molar-refractivity contribution in [2.24, 2.45) is 0 Å². The zero-order valence-corrected chi connectivity index (χ0v) is 12.5. The number of carboxylic acids is 1. The van der Waals surface area contributed by atoms with Gasteiger partial charge in [0.15, 0.2) is 0 Å². The predicted molar refractivity (Wildman–Crippen MR) is 76.1 cm³/mol. The van der Waals surface area contributed by atoms with Gasteiger partial charge in [0.25, 0.3) is 5.91 Å². The van der Waals surface area contributed by atoms with Gasteiger partial charge in [-0.25, -0.2) is 0 Å². The van der Waals surface area contributed by atoms with Crippen LogP contribution in [0.3, 0.4) is 0 Å². The third-order valence-corrected chi connectivity index (χ3v) is 2.96. The van der Waals surface area contributed by atoms with Gasteiger partial charge in [0.1, 0.15) is 6.54 Å². The van der Waals surface area contributed by atoms with E-state index < -0.39 is 11.9 Å². The second-order valence-electron chi connectivity index (χ2n) is 4.73. The summed E-state index contributed by atoms with van der Waals surface area (Å²) >= 11 is 6.02. The number of aromatic nitrogens is 1. The Morgan fingerprint density at radius 3 is 2.50 bits per heavy atom. The summed E-state index contributed by atoms with van der Waals surface area (Å²) in [6, 6.07) is 1.58. The lowest BCUT2D eigenvalue weighted by Crippen LogP contribution is -2.40. The van der Waals surface area contributed by atoms with Gasteiger partial charge in [-0.05, 0) is 27.1 Å². The topological polar surface area (TPSA) is 73.7 Å². The fourth-order valence-corrected chi connectivity index (χ4v) is 1.88. The number of hydrogen-bond acceptors (Lipinski definition) is 4. The van der Waals surface area contributed by atoms with Crippen LogP contribution in [0, 0.1) is 6.92 Å². The van der Waals surface area contributed by atoms with Crippen LogP contribution in [0.2, 0.25) is 5.02 Å². The molecule has 1 amide bonds. The van der Waals surface area contributed by atoms with E-state index in [1.165, 1.54) is 11.1 Å². The molecule has 0 aromatic carbocycles. The van der Waals surface area contributed by atoms with Gasteiger partial charge in [-0.15, -0.1) is 0 Å². The minimum atomic E-state index is -1.06. The van der Waals surface area contributed by atoms with Crippen molar-refractivity contribution in [1.29, 1.82) is 0 Å². The van der Waals surface area contributed by atoms with Crippen LogP contribution < -0.4 is 0 Å². The third-order valence-electron chi connectivity index (χ3n) is 2.65. The molecule has 0 aliphatic heterocycles. The lowest BCUT2D eigenvalue weighted by Gasteiger charge is -2.23. The highest BCUT2D eigenvalue weighted by atomic mass is 35.5. The summed E-state index contributed by atoms with van der Waals surface area (Å²) in [6.07, 6.45) is 1.38. The van der Waals surface area contributed by atoms with Gasteiger partial charge in [0.05, 0.1) is 10.6 Å². The molecule has 0 aliphatic rings. The molecule has 0 spiro atoms. The maximum atomic E-state index is 12.3. The average molecular weight is 300 g/mol. The summed E-state index contributed by atoms with van der Waals surface area (Å²) in [5.41, 5.74) is 0.918. The molecule has 1 aromatic heterocycles. The average Bonchev–Trinajstić information content (AvgIpc) is 2.33. The molecular weight excluding hydrogens is 282 g/mol. The molecule has 1 N–H and O–H groups in total. The van der Waals surface area contributed by atoms with E-state index in [0.29, 0.717) is 18.8 Å². The van der Waals surface area contributed by atoms with E-state index in [0.717, 1.165) is 0 Å². The molecule has 0 bridgehead atoms. The second-order valence-corrected chi connectivity index (χ2v) is 5.14. The molecule has 0 saturated carbocycles. The molecule has 110 valence electrons. The summed E-state index contributed by atoms with van der Waals surface area (Å²) in [5, 5.41) is 9.18. The largest absolute Gasteiger partial charge is 0.480 e. The van der Waals surface area contributed by atoms with Crippen molar-refractivity contribution in [3.05, 3.63) is 28.5 Å². The number of carboxylic acid groups (broad SMARTS) is 1. The minimum absolute atomic E-state index is 0.220. The molecular formula is C13H18ClN3O3. The van der Waals surface area contributed by atoms with Crippen LogP contribution in [0.15, 0.2) is 12.3 Å². The van der Waals surface area contributed by atoms with E-state index in [1.54, 1.807) is 13.0 Å². The molecule has 0 radical (unpaired) electrons. The second kappa shape index (κ2) is 7.21. The number of rotatable bonds is 6. The van der Waals surface area contributed by atoms with Gasteiger partial charge < -0.3 is 14.9 Å². The standard InChI is InChI=1S/C13H18ClN3O3/c1-9-6-11(14)10(7-15-9)13(20)17(8-12(18)19)5-4-16(2)3/h6-7H,4-5,8H2,1-3H3,(H,18,19). The highest BCUT2D eigenvalue weighted by Crippen LogP contribution is 2.17. The minimum Gasteiger partial charge on any atom is -0.480 e. The lowest BCUT2D eigenvalue weighted by molar-refractivity contribution is -0.137. The van der Waals surface area contributed by atoms with Crippen molar-refractivity contribution in [2.75, 3.05) is 33.7 Å². The summed E-state index contributed by atoms with van der Waals surface area (Å²) in [6.45, 7) is 2.27. The molecule has 0 unspecified atom stereocenters. The van der Waals surface area contributed by atoms with Gasteiger partial charge in [-0.2, -0.15) is 0 Å². The van der Waals surface area contributed by atoms with Crippen molar-refractivity contribution in [1.82, 2.24) is 14.8 Å². The number of halogens is 1. The first-order valence-corrected chi connectivity index (χ1v) is 6.47. The first-order valence-electron chi connectivity index (χ1n) is 6.09. The number of likely N-dealkylation sites (N-methyl/N-ethyl adjacent to an activating group) is 1. The molecule has 1 heterocycles. The van der Waals surface area contributed by atoms with Gasteiger partial charge in [-0.3, -0.25) is 14.6 Å². The maximum Gasteiger partial charge on any atom is 0.323 e. The Morgan fingerprint density at radius 2 is 2.00 bits per heavy atom. The van der Waals surface area contributed by atoms with Crippen molar-refractivity contribution in [2.45, 2.75) is 6.92 Å². The van der Waals surface area contributed by atoms with Crippen molar-refractivity contribution in [3.8, 4) is 0 Å². The Balaban J connectivity index is 2.93. The molecule has 0 atom stereocenters. The first-order chi connectivity index (χ1) is 9.31. The van der Waals surface area contributed by atoms with Crippen molar-refractivity contribution >= 4 is 23.5 Å². The van der Waals surface area contributed by atoms with E-state index in [1.807, 2.05) is 19.0 Å². The Hall–Kier alpha value is -1.66. The van der Waals surface area contributed by atoms with Gasteiger partial charge in [0.2, 0.25) is 0 Å². The fraction of sp³-hybridized carbons (Fsp3) is 0.462. The van der Waals surface area contributed by atoms with E-state index in [-0.39, 0.29) is 17.1 Å². The predicted octanol–water partition coefficient (Wildman–Crippen LogP) is 1.13. The van der Waals surface area contributed by atoms with E-state index in [4.69, 9.17) is 16.7 Å². The normalized spacial score (nSPS) is 10.7. The zero-order chi connectivity index (χ0) is 15.3. The van der Waals surface area contributed by atoms with Gasteiger partial charge in [0, 0.05) is 25.0 Å². The Morgan fingerprint density at radius 1 is 1.35 bits per heavy atom. The van der Waals surface area contributed by atoms with Gasteiger partial charge in [-0.1, -0.05) is 11.6 Å². The molecule has 20 heavy (non-hydrogen) atoms. The number of carbonyl (C=O) groups excluding carboxylic acids is 1. The highest BCUT2D eigenvalue weighted by Gasteiger charge is 2.21. The number of pyridine rings is 1. The summed E-state index contributed by atoms with van der Waals surface area (Å²) in [4.78, 5) is 30.4. The number of amides is 1. The Kier molecular flexibility index (Phi) is 5.91. The summed E-state index contributed by atoms with van der Waals surface area (Å²) < 4.78 is 0. The zero-order valence-electron chi connectivity index (χ0n) is 11.8. The maximum absolute atomic E-state index is 12.3. The highest BCUT2D eigenvalue weighted by molar-refractivity contribution is 6.33. The van der Waals surface area contributed by atoms with E-state index in [2.05, 4.69) is 4.98 Å². The van der Waals surface area contributed by atoms with Crippen LogP contribution in [0.4, 0.5) is 0 Å². The van der Waals surface area contributed by atoms with E-state index in [9.17, 15) is 9.59 Å².